The molecule has 3 aromatic rings. The Morgan fingerprint density at radius 3 is 2.67 bits per heavy atom. The van der Waals surface area contributed by atoms with Gasteiger partial charge in [-0.25, -0.2) is 4.68 Å². The van der Waals surface area contributed by atoms with Crippen LogP contribution in [-0.4, -0.2) is 27.1 Å². The maximum atomic E-state index is 13.0. The second-order valence-corrected chi connectivity index (χ2v) is 6.42. The topological polar surface area (TPSA) is 38.1 Å². The Hall–Kier alpha value is -2.88. The molecule has 5 rings (SSSR count). The molecule has 2 aliphatic heterocycles. The van der Waals surface area contributed by atoms with Crippen molar-refractivity contribution in [2.45, 2.75) is 18.9 Å². The maximum Gasteiger partial charge on any atom is 0.257 e. The van der Waals surface area contributed by atoms with E-state index >= 15 is 0 Å². The first-order valence-corrected chi connectivity index (χ1v) is 8.34. The molecule has 0 saturated heterocycles. The van der Waals surface area contributed by atoms with Crippen molar-refractivity contribution >= 4 is 5.91 Å². The average molecular weight is 315 g/mol. The van der Waals surface area contributed by atoms with Crippen molar-refractivity contribution in [1.82, 2.24) is 14.7 Å². The molecule has 2 aromatic carbocycles. The summed E-state index contributed by atoms with van der Waals surface area (Å²) in [6.45, 7) is 0.788. The Morgan fingerprint density at radius 2 is 1.79 bits per heavy atom. The molecule has 3 heterocycles. The second kappa shape index (κ2) is 5.06. The van der Waals surface area contributed by atoms with Crippen LogP contribution in [0.1, 0.15) is 33.2 Å². The number of carbonyl (C=O) groups excluding carboxylic acids is 1. The molecule has 0 bridgehead atoms. The third-order valence-electron chi connectivity index (χ3n) is 5.16. The van der Waals surface area contributed by atoms with Gasteiger partial charge in [-0.2, -0.15) is 5.10 Å². The Bertz CT molecular complexity index is 929. The van der Waals surface area contributed by atoms with Crippen molar-refractivity contribution in [1.29, 1.82) is 0 Å². The summed E-state index contributed by atoms with van der Waals surface area (Å²) in [4.78, 5) is 15.0. The van der Waals surface area contributed by atoms with Gasteiger partial charge in [0.05, 0.1) is 29.2 Å². The number of rotatable bonds is 1. The Morgan fingerprint density at radius 1 is 1.00 bits per heavy atom. The lowest BCUT2D eigenvalue weighted by Crippen LogP contribution is -2.44. The van der Waals surface area contributed by atoms with E-state index in [0.29, 0.717) is 0 Å². The van der Waals surface area contributed by atoms with Gasteiger partial charge in [0.1, 0.15) is 0 Å². The van der Waals surface area contributed by atoms with Crippen LogP contribution in [0, 0.1) is 0 Å². The lowest BCUT2D eigenvalue weighted by Gasteiger charge is -2.40. The minimum absolute atomic E-state index is 0.109. The second-order valence-electron chi connectivity index (χ2n) is 6.42. The molecular weight excluding hydrogens is 298 g/mol. The molecule has 1 aromatic heterocycles. The molecule has 24 heavy (non-hydrogen) atoms. The quantitative estimate of drug-likeness (QED) is 0.692. The van der Waals surface area contributed by atoms with Gasteiger partial charge < -0.3 is 4.90 Å². The van der Waals surface area contributed by atoms with E-state index in [1.54, 1.807) is 6.20 Å². The van der Waals surface area contributed by atoms with Gasteiger partial charge in [-0.15, -0.1) is 0 Å². The van der Waals surface area contributed by atoms with Crippen molar-refractivity contribution in [2.24, 2.45) is 0 Å². The normalized spacial score (nSPS) is 18.8. The van der Waals surface area contributed by atoms with Gasteiger partial charge in [0.2, 0.25) is 0 Å². The van der Waals surface area contributed by atoms with Crippen molar-refractivity contribution in [3.8, 4) is 5.69 Å². The zero-order valence-corrected chi connectivity index (χ0v) is 13.2. The number of para-hydroxylation sites is 1. The highest BCUT2D eigenvalue weighted by Gasteiger charge is 2.38. The Labute approximate surface area is 140 Å². The molecule has 0 radical (unpaired) electrons. The Balaban J connectivity index is 1.64. The predicted octanol–water partition coefficient (Wildman–Crippen LogP) is 3.17. The zero-order valence-electron chi connectivity index (χ0n) is 13.2. The van der Waals surface area contributed by atoms with Gasteiger partial charge in [-0.3, -0.25) is 4.79 Å². The van der Waals surface area contributed by atoms with Gasteiger partial charge in [0.25, 0.3) is 5.91 Å². The number of carbonyl (C=O) groups is 1. The van der Waals surface area contributed by atoms with Crippen LogP contribution in [0.3, 0.4) is 0 Å². The largest absolute Gasteiger partial charge is 0.331 e. The summed E-state index contributed by atoms with van der Waals surface area (Å²) in [6, 6.07) is 18.6. The summed E-state index contributed by atoms with van der Waals surface area (Å²) in [6.07, 6.45) is 3.47. The van der Waals surface area contributed by atoms with Crippen LogP contribution in [0.5, 0.6) is 0 Å². The molecule has 0 saturated carbocycles. The molecule has 2 aliphatic rings. The monoisotopic (exact) mass is 315 g/mol. The van der Waals surface area contributed by atoms with E-state index in [-0.39, 0.29) is 11.9 Å². The first-order chi connectivity index (χ1) is 11.8. The number of hydrogen-bond donors (Lipinski definition) is 0. The fraction of sp³-hybridized carbons (Fsp3) is 0.200. The summed E-state index contributed by atoms with van der Waals surface area (Å²) in [5, 5.41) is 4.50. The summed E-state index contributed by atoms with van der Waals surface area (Å²) in [5.74, 6) is 0.109. The van der Waals surface area contributed by atoms with Gasteiger partial charge in [-0.1, -0.05) is 42.5 Å². The SMILES string of the molecule is O=C1c2cnn(-c3ccccc3)c2C[C@H]2c3ccccc3CCN12. The van der Waals surface area contributed by atoms with Crippen molar-refractivity contribution in [2.75, 3.05) is 6.54 Å². The number of benzene rings is 2. The third-order valence-corrected chi connectivity index (χ3v) is 5.16. The summed E-state index contributed by atoms with van der Waals surface area (Å²) in [7, 11) is 0. The summed E-state index contributed by atoms with van der Waals surface area (Å²) >= 11 is 0. The molecule has 0 spiro atoms. The lowest BCUT2D eigenvalue weighted by molar-refractivity contribution is 0.0629. The highest BCUT2D eigenvalue weighted by atomic mass is 16.2. The number of nitrogens with zero attached hydrogens (tertiary/aromatic N) is 3. The minimum atomic E-state index is 0.109. The van der Waals surface area contributed by atoms with Crippen molar-refractivity contribution < 1.29 is 4.79 Å². The first kappa shape index (κ1) is 13.5. The van der Waals surface area contributed by atoms with E-state index in [2.05, 4.69) is 29.4 Å². The van der Waals surface area contributed by atoms with E-state index in [0.717, 1.165) is 36.3 Å². The Kier molecular flexibility index (Phi) is 2.86. The molecule has 1 amide bonds. The van der Waals surface area contributed by atoms with Crippen LogP contribution in [0.25, 0.3) is 5.69 Å². The third kappa shape index (κ3) is 1.86. The minimum Gasteiger partial charge on any atom is -0.331 e. The van der Waals surface area contributed by atoms with Crippen LogP contribution in [0.2, 0.25) is 0 Å². The molecule has 0 unspecified atom stereocenters. The number of amides is 1. The number of fused-ring (bicyclic) bond motifs is 4. The van der Waals surface area contributed by atoms with Crippen LogP contribution >= 0.6 is 0 Å². The molecule has 118 valence electrons. The molecule has 4 nitrogen and oxygen atoms in total. The van der Waals surface area contributed by atoms with Crippen molar-refractivity contribution in [3.05, 3.63) is 83.2 Å². The van der Waals surface area contributed by atoms with Gasteiger partial charge in [0.15, 0.2) is 0 Å². The number of hydrogen-bond acceptors (Lipinski definition) is 2. The van der Waals surface area contributed by atoms with Crippen LogP contribution in [0.4, 0.5) is 0 Å². The standard InChI is InChI=1S/C20H17N3O/c24-20-17-13-21-23(15-7-2-1-3-8-15)19(17)12-18-16-9-5-4-6-14(16)10-11-22(18)20/h1-9,13,18H,10-12H2/t18-/m0/s1. The van der Waals surface area contributed by atoms with Crippen molar-refractivity contribution in [3.63, 3.8) is 0 Å². The molecule has 0 fully saturated rings. The van der Waals surface area contributed by atoms with Crippen LogP contribution in [0.15, 0.2) is 60.8 Å². The smallest absolute Gasteiger partial charge is 0.257 e. The zero-order chi connectivity index (χ0) is 16.1. The van der Waals surface area contributed by atoms with E-state index in [1.165, 1.54) is 11.1 Å². The van der Waals surface area contributed by atoms with Gasteiger partial charge >= 0.3 is 0 Å². The highest BCUT2D eigenvalue weighted by Crippen LogP contribution is 2.38. The number of aromatic nitrogens is 2. The maximum absolute atomic E-state index is 13.0. The van der Waals surface area contributed by atoms with E-state index in [9.17, 15) is 4.79 Å². The summed E-state index contributed by atoms with van der Waals surface area (Å²) < 4.78 is 1.92. The van der Waals surface area contributed by atoms with E-state index < -0.39 is 0 Å². The molecule has 0 N–H and O–H groups in total. The average Bonchev–Trinajstić information content (AvgIpc) is 3.07. The van der Waals surface area contributed by atoms with Gasteiger partial charge in [0, 0.05) is 13.0 Å². The fourth-order valence-corrected chi connectivity index (χ4v) is 3.99. The predicted molar refractivity (Wildman–Crippen MR) is 91.2 cm³/mol. The molecule has 0 aliphatic carbocycles. The van der Waals surface area contributed by atoms with Crippen LogP contribution in [-0.2, 0) is 12.8 Å². The summed E-state index contributed by atoms with van der Waals surface area (Å²) in [5.41, 5.74) is 5.41. The first-order valence-electron chi connectivity index (χ1n) is 8.34. The molecular formula is C20H17N3O. The van der Waals surface area contributed by atoms with Crippen LogP contribution < -0.4 is 0 Å². The molecule has 1 atom stereocenters. The fourth-order valence-electron chi connectivity index (χ4n) is 3.99. The van der Waals surface area contributed by atoms with E-state index in [4.69, 9.17) is 0 Å². The highest BCUT2D eigenvalue weighted by molar-refractivity contribution is 5.97. The lowest BCUT2D eigenvalue weighted by atomic mass is 9.86. The molecule has 4 heteroatoms. The van der Waals surface area contributed by atoms with Gasteiger partial charge in [-0.05, 0) is 29.7 Å². The van der Waals surface area contributed by atoms with E-state index in [1.807, 2.05) is 39.9 Å².